The number of halogens is 2. The van der Waals surface area contributed by atoms with E-state index in [2.05, 4.69) is 5.32 Å². The van der Waals surface area contributed by atoms with E-state index in [1.54, 1.807) is 0 Å². The van der Waals surface area contributed by atoms with Gasteiger partial charge in [0.25, 0.3) is 5.91 Å². The maximum atomic E-state index is 13.8. The van der Waals surface area contributed by atoms with Gasteiger partial charge in [-0.1, -0.05) is 29.8 Å². The Labute approximate surface area is 133 Å². The van der Waals surface area contributed by atoms with Crippen molar-refractivity contribution in [3.63, 3.8) is 0 Å². The van der Waals surface area contributed by atoms with Gasteiger partial charge < -0.3 is 10.4 Å². The number of phenols is 1. The van der Waals surface area contributed by atoms with Crippen LogP contribution >= 0.6 is 0 Å². The normalized spacial score (nSPS) is 15.3. The first-order valence-corrected chi connectivity index (χ1v) is 7.51. The van der Waals surface area contributed by atoms with Crippen LogP contribution in [0.15, 0.2) is 36.4 Å². The molecule has 1 fully saturated rings. The van der Waals surface area contributed by atoms with E-state index in [1.807, 2.05) is 31.2 Å². The second-order valence-corrected chi connectivity index (χ2v) is 5.98. The Morgan fingerprint density at radius 2 is 1.87 bits per heavy atom. The van der Waals surface area contributed by atoms with E-state index in [9.17, 15) is 18.7 Å². The quantitative estimate of drug-likeness (QED) is 0.899. The predicted octanol–water partition coefficient (Wildman–Crippen LogP) is 3.86. The summed E-state index contributed by atoms with van der Waals surface area (Å²) < 4.78 is 26.9. The number of rotatable bonds is 4. The van der Waals surface area contributed by atoms with E-state index in [0.29, 0.717) is 12.0 Å². The lowest BCUT2D eigenvalue weighted by atomic mass is 10.0. The maximum Gasteiger partial charge on any atom is 0.258 e. The molecule has 0 radical (unpaired) electrons. The lowest BCUT2D eigenvalue weighted by molar-refractivity contribution is 0.0924. The summed E-state index contributed by atoms with van der Waals surface area (Å²) in [4.78, 5) is 12.3. The molecule has 1 saturated carbocycles. The fourth-order valence-electron chi connectivity index (χ4n) is 2.67. The van der Waals surface area contributed by atoms with Crippen molar-refractivity contribution < 1.29 is 18.7 Å². The lowest BCUT2D eigenvalue weighted by Gasteiger charge is -2.19. The van der Waals surface area contributed by atoms with Gasteiger partial charge in [-0.05, 0) is 31.2 Å². The van der Waals surface area contributed by atoms with Gasteiger partial charge in [0.2, 0.25) is 0 Å². The summed E-state index contributed by atoms with van der Waals surface area (Å²) in [6.07, 6.45) is 1.97. The van der Waals surface area contributed by atoms with Crippen LogP contribution in [0.2, 0.25) is 0 Å². The highest BCUT2D eigenvalue weighted by molar-refractivity contribution is 5.97. The number of aromatic hydroxyl groups is 1. The minimum Gasteiger partial charge on any atom is -0.507 e. The van der Waals surface area contributed by atoms with Gasteiger partial charge in [-0.3, -0.25) is 4.79 Å². The molecule has 1 aliphatic rings. The van der Waals surface area contributed by atoms with Gasteiger partial charge in [0, 0.05) is 12.1 Å². The SMILES string of the molecule is Cc1ccc(C(NC(=O)c2c(O)cc(F)cc2F)C2CC2)cc1. The second kappa shape index (κ2) is 5.99. The minimum absolute atomic E-state index is 0.244. The Bertz CT molecular complexity index is 716. The molecule has 1 aliphatic carbocycles. The molecule has 0 heterocycles. The molecular formula is C18H17F2NO2. The first kappa shape index (κ1) is 15.5. The summed E-state index contributed by atoms with van der Waals surface area (Å²) in [6, 6.07) is 8.84. The van der Waals surface area contributed by atoms with Gasteiger partial charge in [-0.15, -0.1) is 0 Å². The summed E-state index contributed by atoms with van der Waals surface area (Å²) in [6.45, 7) is 1.97. The Kier molecular flexibility index (Phi) is 4.03. The molecule has 1 amide bonds. The van der Waals surface area contributed by atoms with Crippen LogP contribution in [0.5, 0.6) is 5.75 Å². The third kappa shape index (κ3) is 3.33. The molecule has 5 heteroatoms. The number of hydrogen-bond acceptors (Lipinski definition) is 2. The van der Waals surface area contributed by atoms with Gasteiger partial charge in [-0.2, -0.15) is 0 Å². The van der Waals surface area contributed by atoms with E-state index >= 15 is 0 Å². The molecular weight excluding hydrogens is 300 g/mol. The fraction of sp³-hybridized carbons (Fsp3) is 0.278. The number of carbonyl (C=O) groups excluding carboxylic acids is 1. The molecule has 2 aromatic rings. The third-order valence-electron chi connectivity index (χ3n) is 4.08. The van der Waals surface area contributed by atoms with Crippen LogP contribution in [0.4, 0.5) is 8.78 Å². The molecule has 3 nitrogen and oxygen atoms in total. The number of amides is 1. The van der Waals surface area contributed by atoms with Crippen LogP contribution in [-0.2, 0) is 0 Å². The maximum absolute atomic E-state index is 13.8. The molecule has 120 valence electrons. The van der Waals surface area contributed by atoms with E-state index in [0.717, 1.165) is 30.0 Å². The van der Waals surface area contributed by atoms with Gasteiger partial charge >= 0.3 is 0 Å². The summed E-state index contributed by atoms with van der Waals surface area (Å²) >= 11 is 0. The van der Waals surface area contributed by atoms with Crippen molar-refractivity contribution in [2.75, 3.05) is 0 Å². The number of hydrogen-bond donors (Lipinski definition) is 2. The number of nitrogens with one attached hydrogen (secondary N) is 1. The second-order valence-electron chi connectivity index (χ2n) is 5.98. The zero-order valence-corrected chi connectivity index (χ0v) is 12.6. The largest absolute Gasteiger partial charge is 0.507 e. The Morgan fingerprint density at radius 3 is 2.43 bits per heavy atom. The molecule has 2 N–H and O–H groups in total. The van der Waals surface area contributed by atoms with E-state index in [4.69, 9.17) is 0 Å². The Morgan fingerprint density at radius 1 is 1.22 bits per heavy atom. The topological polar surface area (TPSA) is 49.3 Å². The molecule has 3 rings (SSSR count). The molecule has 0 spiro atoms. The minimum atomic E-state index is -1.07. The smallest absolute Gasteiger partial charge is 0.258 e. The summed E-state index contributed by atoms with van der Waals surface area (Å²) in [5.41, 5.74) is 1.52. The fourth-order valence-corrected chi connectivity index (χ4v) is 2.67. The highest BCUT2D eigenvalue weighted by atomic mass is 19.1. The van der Waals surface area contributed by atoms with Crippen LogP contribution in [-0.4, -0.2) is 11.0 Å². The first-order chi connectivity index (χ1) is 11.0. The van der Waals surface area contributed by atoms with Gasteiger partial charge in [0.1, 0.15) is 22.9 Å². The van der Waals surface area contributed by atoms with Crippen molar-refractivity contribution in [2.24, 2.45) is 5.92 Å². The van der Waals surface area contributed by atoms with Crippen molar-refractivity contribution in [1.29, 1.82) is 0 Å². The number of phenolic OH excluding ortho intramolecular Hbond substituents is 1. The van der Waals surface area contributed by atoms with Gasteiger partial charge in [-0.25, -0.2) is 8.78 Å². The van der Waals surface area contributed by atoms with Crippen molar-refractivity contribution in [2.45, 2.75) is 25.8 Å². The molecule has 0 saturated heterocycles. The van der Waals surface area contributed by atoms with Crippen LogP contribution in [0.25, 0.3) is 0 Å². The average molecular weight is 317 g/mol. The Balaban J connectivity index is 1.86. The summed E-state index contributed by atoms with van der Waals surface area (Å²) in [7, 11) is 0. The summed E-state index contributed by atoms with van der Waals surface area (Å²) in [5, 5.41) is 12.4. The molecule has 1 unspecified atom stereocenters. The average Bonchev–Trinajstić information content (AvgIpc) is 3.29. The molecule has 0 bridgehead atoms. The number of aryl methyl sites for hydroxylation is 1. The van der Waals surface area contributed by atoms with Crippen LogP contribution in [0.1, 0.15) is 40.4 Å². The zero-order valence-electron chi connectivity index (χ0n) is 12.6. The van der Waals surface area contributed by atoms with Crippen molar-refractivity contribution in [3.05, 3.63) is 64.7 Å². The van der Waals surface area contributed by atoms with Crippen LogP contribution < -0.4 is 5.32 Å². The highest BCUT2D eigenvalue weighted by Crippen LogP contribution is 2.41. The van der Waals surface area contributed by atoms with E-state index < -0.39 is 28.9 Å². The van der Waals surface area contributed by atoms with Gasteiger partial charge in [0.05, 0.1) is 6.04 Å². The number of benzene rings is 2. The van der Waals surface area contributed by atoms with E-state index in [1.165, 1.54) is 0 Å². The van der Waals surface area contributed by atoms with Crippen molar-refractivity contribution >= 4 is 5.91 Å². The standard InChI is InChI=1S/C18H17F2NO2/c1-10-2-4-11(5-3-10)17(12-6-7-12)21-18(23)16-14(20)8-13(19)9-15(16)22/h2-5,8-9,12,17,22H,6-7H2,1H3,(H,21,23). The molecule has 0 aliphatic heterocycles. The molecule has 2 aromatic carbocycles. The van der Waals surface area contributed by atoms with Crippen LogP contribution in [0, 0.1) is 24.5 Å². The predicted molar refractivity (Wildman–Crippen MR) is 82.1 cm³/mol. The monoisotopic (exact) mass is 317 g/mol. The lowest BCUT2D eigenvalue weighted by Crippen LogP contribution is -2.30. The van der Waals surface area contributed by atoms with Crippen molar-refractivity contribution in [3.8, 4) is 5.75 Å². The molecule has 1 atom stereocenters. The van der Waals surface area contributed by atoms with Crippen LogP contribution in [0.3, 0.4) is 0 Å². The van der Waals surface area contributed by atoms with Gasteiger partial charge in [0.15, 0.2) is 0 Å². The first-order valence-electron chi connectivity index (χ1n) is 7.51. The van der Waals surface area contributed by atoms with Crippen molar-refractivity contribution in [1.82, 2.24) is 5.32 Å². The molecule has 23 heavy (non-hydrogen) atoms. The third-order valence-corrected chi connectivity index (χ3v) is 4.08. The molecule has 0 aromatic heterocycles. The zero-order chi connectivity index (χ0) is 16.6. The highest BCUT2D eigenvalue weighted by Gasteiger charge is 2.34. The Hall–Kier alpha value is -2.43. The number of carbonyl (C=O) groups is 1. The van der Waals surface area contributed by atoms with E-state index in [-0.39, 0.29) is 6.04 Å². The summed E-state index contributed by atoms with van der Waals surface area (Å²) in [5.74, 6) is -3.13.